The van der Waals surface area contributed by atoms with Crippen LogP contribution >= 0.6 is 23.8 Å². The summed E-state index contributed by atoms with van der Waals surface area (Å²) in [4.78, 5) is 11.6. The fourth-order valence-corrected chi connectivity index (χ4v) is 1.35. The normalized spacial score (nSPS) is 16.3. The molecule has 0 radical (unpaired) electrons. The lowest BCUT2D eigenvalue weighted by Gasteiger charge is -2.08. The van der Waals surface area contributed by atoms with Crippen LogP contribution in [0, 0.1) is 0 Å². The van der Waals surface area contributed by atoms with Gasteiger partial charge in [0, 0.05) is 11.3 Å². The lowest BCUT2D eigenvalue weighted by molar-refractivity contribution is -0.139. The third-order valence-electron chi connectivity index (χ3n) is 1.70. The number of thiocarbonyl (C=S) groups is 1. The van der Waals surface area contributed by atoms with Crippen molar-refractivity contribution in [3.05, 3.63) is 22.8 Å². The van der Waals surface area contributed by atoms with E-state index in [9.17, 15) is 4.79 Å². The second kappa shape index (κ2) is 4.53. The summed E-state index contributed by atoms with van der Waals surface area (Å²) in [6.45, 7) is 0. The number of halogens is 1. The van der Waals surface area contributed by atoms with E-state index >= 15 is 0 Å². The molecule has 0 spiro atoms. The van der Waals surface area contributed by atoms with Gasteiger partial charge < -0.3 is 4.74 Å². The molecule has 0 aromatic carbocycles. The van der Waals surface area contributed by atoms with Gasteiger partial charge in [0.15, 0.2) is 0 Å². The molecule has 0 heterocycles. The van der Waals surface area contributed by atoms with Crippen LogP contribution in [0.25, 0.3) is 0 Å². The number of hydrogen-bond donors (Lipinski definition) is 0. The molecule has 0 atom stereocenters. The van der Waals surface area contributed by atoms with E-state index in [1.807, 2.05) is 6.08 Å². The van der Waals surface area contributed by atoms with E-state index in [4.69, 9.17) is 23.8 Å². The molecule has 0 unspecified atom stereocenters. The zero-order valence-corrected chi connectivity index (χ0v) is 8.74. The minimum atomic E-state index is -0.264. The Morgan fingerprint density at radius 3 is 3.00 bits per heavy atom. The number of allylic oxidation sites excluding steroid dienone is 3. The van der Waals surface area contributed by atoms with Crippen LogP contribution in [0.5, 0.6) is 0 Å². The fraction of sp³-hybridized carbons (Fsp3) is 0.333. The Morgan fingerprint density at radius 2 is 2.46 bits per heavy atom. The lowest BCUT2D eigenvalue weighted by Crippen LogP contribution is -2.05. The van der Waals surface area contributed by atoms with Gasteiger partial charge in [0.05, 0.1) is 18.6 Å². The number of rotatable bonds is 2. The van der Waals surface area contributed by atoms with Crippen molar-refractivity contribution in [3.8, 4) is 0 Å². The van der Waals surface area contributed by atoms with E-state index in [-0.39, 0.29) is 12.4 Å². The lowest BCUT2D eigenvalue weighted by atomic mass is 10.0. The number of ether oxygens (including phenoxy) is 1. The fourth-order valence-electron chi connectivity index (χ4n) is 0.986. The Kier molecular flexibility index (Phi) is 3.63. The average Bonchev–Trinajstić information content (AvgIpc) is 2.11. The molecule has 70 valence electrons. The number of carbonyl (C=O) groups excluding carboxylic acids is 1. The Balaban J connectivity index is 2.64. The van der Waals surface area contributed by atoms with Crippen LogP contribution in [0.4, 0.5) is 0 Å². The molecule has 0 aromatic heterocycles. The molecule has 13 heavy (non-hydrogen) atoms. The van der Waals surface area contributed by atoms with Crippen molar-refractivity contribution in [3.63, 3.8) is 0 Å². The average molecular weight is 217 g/mol. The van der Waals surface area contributed by atoms with E-state index in [2.05, 4.69) is 4.74 Å². The van der Waals surface area contributed by atoms with Gasteiger partial charge >= 0.3 is 5.97 Å². The first-order valence-corrected chi connectivity index (χ1v) is 4.58. The van der Waals surface area contributed by atoms with Crippen LogP contribution in [0.1, 0.15) is 12.8 Å². The Labute approximate surface area is 87.2 Å². The molecule has 0 fully saturated rings. The molecule has 2 nitrogen and oxygen atoms in total. The summed E-state index contributed by atoms with van der Waals surface area (Å²) in [6.07, 6.45) is 4.50. The summed E-state index contributed by atoms with van der Waals surface area (Å²) in [5.41, 5.74) is 0.866. The van der Waals surface area contributed by atoms with E-state index in [0.717, 1.165) is 10.4 Å². The summed E-state index contributed by atoms with van der Waals surface area (Å²) in [7, 11) is 1.36. The van der Waals surface area contributed by atoms with Gasteiger partial charge in [-0.1, -0.05) is 29.9 Å². The highest BCUT2D eigenvalue weighted by molar-refractivity contribution is 7.81. The summed E-state index contributed by atoms with van der Waals surface area (Å²) < 4.78 is 4.53. The highest BCUT2D eigenvalue weighted by Gasteiger charge is 2.11. The van der Waals surface area contributed by atoms with Crippen molar-refractivity contribution < 1.29 is 9.53 Å². The minimum Gasteiger partial charge on any atom is -0.469 e. The Hall–Kier alpha value is -0.670. The zero-order valence-electron chi connectivity index (χ0n) is 7.17. The third kappa shape index (κ3) is 2.94. The molecule has 4 heteroatoms. The van der Waals surface area contributed by atoms with E-state index in [1.54, 1.807) is 6.08 Å². The van der Waals surface area contributed by atoms with Crippen molar-refractivity contribution in [1.29, 1.82) is 0 Å². The maximum atomic E-state index is 10.9. The van der Waals surface area contributed by atoms with Crippen molar-refractivity contribution in [2.75, 3.05) is 7.11 Å². The van der Waals surface area contributed by atoms with E-state index < -0.39 is 0 Å². The van der Waals surface area contributed by atoms with Gasteiger partial charge in [-0.15, -0.1) is 0 Å². The smallest absolute Gasteiger partial charge is 0.309 e. The quantitative estimate of drug-likeness (QED) is 0.524. The molecule has 0 saturated heterocycles. The second-order valence-electron chi connectivity index (χ2n) is 2.65. The van der Waals surface area contributed by atoms with Crippen LogP contribution in [0.3, 0.4) is 0 Å². The van der Waals surface area contributed by atoms with E-state index in [0.29, 0.717) is 11.5 Å². The summed E-state index contributed by atoms with van der Waals surface area (Å²) in [5.74, 6) is -0.264. The third-order valence-corrected chi connectivity index (χ3v) is 2.54. The number of esters is 1. The molecule has 0 saturated carbocycles. The number of methoxy groups -OCH3 is 1. The van der Waals surface area contributed by atoms with Gasteiger partial charge in [0.2, 0.25) is 0 Å². The summed E-state index contributed by atoms with van der Waals surface area (Å²) in [5, 5.41) is 0.552. The van der Waals surface area contributed by atoms with Crippen molar-refractivity contribution in [1.82, 2.24) is 0 Å². The standard InChI is InChI=1S/C9H9ClO2S/c1-12-9(11)5-6-2-3-8(13)7(10)4-6/h2,4H,3,5H2,1H3. The van der Waals surface area contributed by atoms with Gasteiger partial charge in [-0.05, 0) is 11.6 Å². The molecule has 0 N–H and O–H groups in total. The highest BCUT2D eigenvalue weighted by Crippen LogP contribution is 2.20. The van der Waals surface area contributed by atoms with Gasteiger partial charge in [-0.3, -0.25) is 4.79 Å². The maximum absolute atomic E-state index is 10.9. The SMILES string of the molecule is COC(=O)CC1=CCC(=S)C(Cl)=C1. The number of hydrogen-bond acceptors (Lipinski definition) is 3. The van der Waals surface area contributed by atoms with Crippen LogP contribution in [-0.2, 0) is 9.53 Å². The van der Waals surface area contributed by atoms with Gasteiger partial charge in [-0.25, -0.2) is 0 Å². The molecule has 0 aromatic rings. The predicted molar refractivity (Wildman–Crippen MR) is 55.9 cm³/mol. The molecular formula is C9H9ClO2S. The van der Waals surface area contributed by atoms with Crippen molar-refractivity contribution in [2.24, 2.45) is 0 Å². The Bertz CT molecular complexity index is 305. The molecule has 1 rings (SSSR count). The first kappa shape index (κ1) is 10.4. The van der Waals surface area contributed by atoms with Gasteiger partial charge in [-0.2, -0.15) is 0 Å². The second-order valence-corrected chi connectivity index (χ2v) is 3.55. The molecule has 0 amide bonds. The minimum absolute atomic E-state index is 0.259. The maximum Gasteiger partial charge on any atom is 0.309 e. The monoisotopic (exact) mass is 216 g/mol. The molecule has 0 bridgehead atoms. The molecule has 0 aliphatic heterocycles. The van der Waals surface area contributed by atoms with Crippen molar-refractivity contribution >= 4 is 34.7 Å². The molecule has 1 aliphatic carbocycles. The first-order valence-electron chi connectivity index (χ1n) is 3.79. The predicted octanol–water partition coefficient (Wildman–Crippen LogP) is 2.37. The largest absolute Gasteiger partial charge is 0.469 e. The Morgan fingerprint density at radius 1 is 1.77 bits per heavy atom. The highest BCUT2D eigenvalue weighted by atomic mass is 35.5. The van der Waals surface area contributed by atoms with Crippen molar-refractivity contribution in [2.45, 2.75) is 12.8 Å². The summed E-state index contributed by atoms with van der Waals surface area (Å²) in [6, 6.07) is 0. The molecular weight excluding hydrogens is 208 g/mol. The molecule has 1 aliphatic rings. The van der Waals surface area contributed by atoms with Gasteiger partial charge in [0.25, 0.3) is 0 Å². The van der Waals surface area contributed by atoms with E-state index in [1.165, 1.54) is 7.11 Å². The van der Waals surface area contributed by atoms with Crippen LogP contribution in [0.15, 0.2) is 22.8 Å². The van der Waals surface area contributed by atoms with Crippen LogP contribution < -0.4 is 0 Å². The van der Waals surface area contributed by atoms with Crippen LogP contribution in [0.2, 0.25) is 0 Å². The number of carbonyl (C=O) groups is 1. The summed E-state index contributed by atoms with van der Waals surface area (Å²) >= 11 is 10.8. The van der Waals surface area contributed by atoms with Gasteiger partial charge in [0.1, 0.15) is 0 Å². The topological polar surface area (TPSA) is 26.3 Å². The zero-order chi connectivity index (χ0) is 9.84. The first-order chi connectivity index (χ1) is 6.13. The van der Waals surface area contributed by atoms with Crippen LogP contribution in [-0.4, -0.2) is 17.9 Å².